The van der Waals surface area contributed by atoms with Gasteiger partial charge in [0.25, 0.3) is 0 Å². The number of halogens is 2. The first-order valence-electron chi connectivity index (χ1n) is 18.1. The molecule has 0 amide bonds. The first kappa shape index (κ1) is 61.4. The zero-order chi connectivity index (χ0) is 44.8. The minimum absolute atomic E-state index is 0. The second-order valence-corrected chi connectivity index (χ2v) is 16.9. The molecule has 6 N–H and O–H groups in total. The summed E-state index contributed by atoms with van der Waals surface area (Å²) in [4.78, 5) is 19.6. The maximum atomic E-state index is 13.0. The van der Waals surface area contributed by atoms with Crippen LogP contribution in [-0.4, -0.2) is 86.2 Å². The van der Waals surface area contributed by atoms with Gasteiger partial charge in [-0.15, -0.1) is 0 Å². The number of pyridine rings is 2. The molecule has 0 saturated carbocycles. The fourth-order valence-corrected chi connectivity index (χ4v) is 3.80. The average Bonchev–Trinajstić information content (AvgIpc) is 3.13. The van der Waals surface area contributed by atoms with Crippen molar-refractivity contribution in [3.8, 4) is 22.5 Å². The summed E-state index contributed by atoms with van der Waals surface area (Å²) in [7, 11) is -2.49. The van der Waals surface area contributed by atoms with E-state index in [0.29, 0.717) is 17.0 Å². The Morgan fingerprint density at radius 2 is 0.931 bits per heavy atom. The van der Waals surface area contributed by atoms with E-state index in [1.807, 2.05) is 60.6 Å². The smallest absolute Gasteiger partial charge is 0.159 e. The van der Waals surface area contributed by atoms with Gasteiger partial charge in [0.05, 0.1) is 37.6 Å². The fraction of sp³-hybridized carbons (Fsp3) is 0.429. The molecule has 16 heteroatoms. The van der Waals surface area contributed by atoms with Crippen LogP contribution in [0.2, 0.25) is 0 Å². The van der Waals surface area contributed by atoms with Gasteiger partial charge in [-0.05, 0) is 156 Å². The van der Waals surface area contributed by atoms with Crippen molar-refractivity contribution in [3.63, 3.8) is 0 Å². The molecule has 0 bridgehead atoms. The van der Waals surface area contributed by atoms with Gasteiger partial charge in [-0.3, -0.25) is 19.9 Å². The summed E-state index contributed by atoms with van der Waals surface area (Å²) in [5, 5.41) is 35.3. The van der Waals surface area contributed by atoms with E-state index in [1.54, 1.807) is 76.5 Å². The third-order valence-electron chi connectivity index (χ3n) is 5.97. The number of carbonyl (C=O) groups is 1. The standard InChI is InChI=1S/C17H19FN2OS.C13H10FNO.C4H11NOS.4C2H6O.Ti/c1-12(20-22(21)17(2,3)4)14-9-10-19-16(11-14)13-5-7-15(18)8-6-13;1-9(16)11-6-7-15-13(8-11)10-2-4-12(14)5-3-10;1-4(2,3)7(5)6;4*1-2-3;/h5-11H,1-4H3;2-8H,1H3;5H2,1-3H3;4*3H,2H2,1H3;/t22-;;7-;;;;;/m1.1...../s1. The molecule has 0 aliphatic heterocycles. The number of nitrogens with two attached hydrogens (primary N) is 1. The fourth-order valence-electron chi connectivity index (χ4n) is 3.18. The molecule has 0 spiro atoms. The van der Waals surface area contributed by atoms with Crippen LogP contribution in [0.1, 0.15) is 99.0 Å². The number of aliphatic hydroxyl groups is 4. The largest absolute Gasteiger partial charge is 0.397 e. The van der Waals surface area contributed by atoms with Crippen LogP contribution < -0.4 is 5.14 Å². The first-order chi connectivity index (χ1) is 26.5. The van der Waals surface area contributed by atoms with Crippen LogP contribution >= 0.6 is 0 Å². The third kappa shape index (κ3) is 29.9. The summed E-state index contributed by atoms with van der Waals surface area (Å²) in [5.41, 5.74) is 5.18. The van der Waals surface area contributed by atoms with Crippen LogP contribution in [0, 0.1) is 11.6 Å². The third-order valence-corrected chi connectivity index (χ3v) is 8.67. The van der Waals surface area contributed by atoms with Crippen LogP contribution in [-0.2, 0) is 43.7 Å². The number of nitrogens with zero attached hydrogens (tertiary/aromatic N) is 3. The summed E-state index contributed by atoms with van der Waals surface area (Å²) in [6.45, 7) is 22.2. The van der Waals surface area contributed by atoms with Crippen molar-refractivity contribution >= 4 is 33.5 Å². The van der Waals surface area contributed by atoms with E-state index in [-0.39, 0.29) is 70.3 Å². The molecular weight excluding hydrogens is 822 g/mol. The van der Waals surface area contributed by atoms with Crippen molar-refractivity contribution in [1.82, 2.24) is 9.97 Å². The number of hydrogen-bond acceptors (Lipinski definition) is 9. The molecular formula is C42H64F2N4O7S2Ti. The minimum atomic E-state index is -1.30. The molecule has 0 fully saturated rings. The van der Waals surface area contributed by atoms with Gasteiger partial charge in [0, 0.05) is 82.8 Å². The number of benzene rings is 2. The Hall–Kier alpha value is -3.25. The normalized spacial score (nSPS) is 11.3. The van der Waals surface area contributed by atoms with Gasteiger partial charge >= 0.3 is 0 Å². The molecule has 0 saturated heterocycles. The van der Waals surface area contributed by atoms with Gasteiger partial charge in [0.15, 0.2) is 5.78 Å². The van der Waals surface area contributed by atoms with E-state index in [4.69, 9.17) is 25.6 Å². The number of aromatic nitrogens is 2. The zero-order valence-electron chi connectivity index (χ0n) is 35.9. The Kier molecular flexibility index (Phi) is 36.6. The van der Waals surface area contributed by atoms with Gasteiger partial charge in [-0.2, -0.15) is 4.40 Å². The molecule has 58 heavy (non-hydrogen) atoms. The van der Waals surface area contributed by atoms with Crippen molar-refractivity contribution in [2.24, 2.45) is 9.54 Å². The molecule has 2 aromatic carbocycles. The van der Waals surface area contributed by atoms with Gasteiger partial charge in [-0.25, -0.2) is 17.2 Å². The Balaban J connectivity index is -0.000000353. The van der Waals surface area contributed by atoms with Crippen molar-refractivity contribution in [2.75, 3.05) is 26.4 Å². The van der Waals surface area contributed by atoms with Crippen molar-refractivity contribution in [2.45, 2.75) is 92.6 Å². The SMILES string of the molecule is CC(=N[S@](=O)C(C)(C)C)c1ccnc(-c2ccc(F)cc2)c1.CC(=O)c1ccnc(-c2ccc(F)cc2)c1.CC(C)(C)[S@](N)=O.CCO.CCO.CCO.CCO.[Ti]. The van der Waals surface area contributed by atoms with E-state index in [0.717, 1.165) is 22.4 Å². The maximum absolute atomic E-state index is 13.0. The monoisotopic (exact) mass is 886 g/mol. The number of ketones is 1. The predicted octanol–water partition coefficient (Wildman–Crippen LogP) is 7.65. The molecule has 0 unspecified atom stereocenters. The Morgan fingerprint density at radius 3 is 1.21 bits per heavy atom. The van der Waals surface area contributed by atoms with Crippen molar-refractivity contribution in [1.29, 1.82) is 0 Å². The van der Waals surface area contributed by atoms with E-state index in [1.165, 1.54) is 31.2 Å². The topological polar surface area (TPSA) is 196 Å². The summed E-state index contributed by atoms with van der Waals surface area (Å²) >= 11 is 0. The van der Waals surface area contributed by atoms with Gasteiger partial charge in [0.1, 0.15) is 22.6 Å². The molecule has 324 valence electrons. The Bertz CT molecular complexity index is 1750. The zero-order valence-corrected chi connectivity index (χ0v) is 39.1. The van der Waals surface area contributed by atoms with E-state index in [9.17, 15) is 22.0 Å². The predicted molar refractivity (Wildman–Crippen MR) is 232 cm³/mol. The number of rotatable bonds is 5. The second kappa shape index (κ2) is 34.6. The summed E-state index contributed by atoms with van der Waals surface area (Å²) in [6.07, 6.45) is 3.25. The summed E-state index contributed by atoms with van der Waals surface area (Å²) < 4.78 is 51.8. The van der Waals surface area contributed by atoms with E-state index < -0.39 is 26.7 Å². The molecule has 2 atom stereocenters. The quantitative estimate of drug-likeness (QED) is 0.0760. The van der Waals surface area contributed by atoms with Crippen LogP contribution in [0.3, 0.4) is 0 Å². The molecule has 0 aliphatic rings. The van der Waals surface area contributed by atoms with E-state index in [2.05, 4.69) is 14.4 Å². The average molecular weight is 887 g/mol. The maximum Gasteiger partial charge on any atom is 0.159 e. The molecule has 0 aliphatic carbocycles. The number of carbonyl (C=O) groups excluding carboxylic acids is 1. The van der Waals surface area contributed by atoms with Crippen molar-refractivity contribution < 1.29 is 64.1 Å². The van der Waals surface area contributed by atoms with E-state index >= 15 is 0 Å². The second-order valence-electron chi connectivity index (χ2n) is 13.1. The number of aliphatic hydroxyl groups excluding tert-OH is 4. The molecule has 11 nitrogen and oxygen atoms in total. The van der Waals surface area contributed by atoms with Crippen molar-refractivity contribution in [3.05, 3.63) is 108 Å². The van der Waals surface area contributed by atoms with Gasteiger partial charge in [-0.1, -0.05) is 0 Å². The molecule has 0 radical (unpaired) electrons. The summed E-state index contributed by atoms with van der Waals surface area (Å²) in [6, 6.07) is 19.3. The molecule has 4 rings (SSSR count). The Morgan fingerprint density at radius 1 is 0.638 bits per heavy atom. The van der Waals surface area contributed by atoms with Crippen LogP contribution in [0.5, 0.6) is 0 Å². The number of Topliss-reactive ketones (excluding diaryl/α,β-unsaturated/α-hetero) is 1. The van der Waals surface area contributed by atoms with Crippen LogP contribution in [0.25, 0.3) is 22.5 Å². The van der Waals surface area contributed by atoms with Gasteiger partial charge in [0.2, 0.25) is 0 Å². The van der Waals surface area contributed by atoms with Crippen LogP contribution in [0.4, 0.5) is 8.78 Å². The molecule has 2 aromatic heterocycles. The Labute approximate surface area is 364 Å². The first-order valence-corrected chi connectivity index (χ1v) is 20.4. The van der Waals surface area contributed by atoms with Crippen LogP contribution in [0.15, 0.2) is 89.6 Å². The molecule has 4 aromatic rings. The minimum Gasteiger partial charge on any atom is -0.397 e. The molecule has 2 heterocycles. The number of hydrogen-bond donors (Lipinski definition) is 5. The summed E-state index contributed by atoms with van der Waals surface area (Å²) in [5.74, 6) is -0.574. The van der Waals surface area contributed by atoms with Gasteiger partial charge < -0.3 is 20.4 Å².